The molecular formula is C22H30N4O3S. The molecule has 1 amide bonds. The second kappa shape index (κ2) is 7.81. The van der Waals surface area contributed by atoms with E-state index in [4.69, 9.17) is 0 Å². The van der Waals surface area contributed by atoms with Gasteiger partial charge in [0.1, 0.15) is 6.04 Å². The minimum atomic E-state index is -3.70. The maximum absolute atomic E-state index is 13.6. The lowest BCUT2D eigenvalue weighted by atomic mass is 9.79. The molecular weight excluding hydrogens is 400 g/mol. The molecule has 7 nitrogen and oxygen atoms in total. The molecule has 2 atom stereocenters. The Hall–Kier alpha value is -2.19. The summed E-state index contributed by atoms with van der Waals surface area (Å²) in [6.45, 7) is 5.92. The van der Waals surface area contributed by atoms with Gasteiger partial charge in [-0.15, -0.1) is 0 Å². The molecule has 2 aromatic rings. The average molecular weight is 431 g/mol. The summed E-state index contributed by atoms with van der Waals surface area (Å²) in [4.78, 5) is 15.7. The Kier molecular flexibility index (Phi) is 5.48. The van der Waals surface area contributed by atoms with E-state index in [2.05, 4.69) is 18.9 Å². The van der Waals surface area contributed by atoms with E-state index in [1.54, 1.807) is 35.0 Å². The van der Waals surface area contributed by atoms with Crippen LogP contribution >= 0.6 is 0 Å². The largest absolute Gasteiger partial charge is 0.340 e. The third kappa shape index (κ3) is 3.78. The molecule has 1 aromatic heterocycles. The van der Waals surface area contributed by atoms with Gasteiger partial charge >= 0.3 is 0 Å². The molecule has 0 radical (unpaired) electrons. The van der Waals surface area contributed by atoms with Gasteiger partial charge in [-0.1, -0.05) is 38.5 Å². The van der Waals surface area contributed by atoms with Gasteiger partial charge < -0.3 is 4.90 Å². The van der Waals surface area contributed by atoms with Crippen LogP contribution in [-0.4, -0.2) is 59.0 Å². The van der Waals surface area contributed by atoms with Crippen molar-refractivity contribution >= 4 is 15.9 Å². The summed E-state index contributed by atoms with van der Waals surface area (Å²) in [6.07, 6.45) is 6.08. The summed E-state index contributed by atoms with van der Waals surface area (Å²) in [7, 11) is -1.81. The predicted octanol–water partition coefficient (Wildman–Crippen LogP) is 2.62. The van der Waals surface area contributed by atoms with Crippen LogP contribution in [0.5, 0.6) is 0 Å². The van der Waals surface area contributed by atoms with Crippen LogP contribution in [0.3, 0.4) is 0 Å². The van der Waals surface area contributed by atoms with Crippen molar-refractivity contribution in [3.05, 3.63) is 48.3 Å². The van der Waals surface area contributed by atoms with E-state index in [1.165, 1.54) is 4.31 Å². The second-order valence-electron chi connectivity index (χ2n) is 9.15. The number of likely N-dealkylation sites (tertiary alicyclic amines) is 1. The fraction of sp³-hybridized carbons (Fsp3) is 0.545. The summed E-state index contributed by atoms with van der Waals surface area (Å²) in [5.41, 5.74) is 1.02. The van der Waals surface area contributed by atoms with E-state index in [9.17, 15) is 13.2 Å². The fourth-order valence-corrected chi connectivity index (χ4v) is 6.53. The summed E-state index contributed by atoms with van der Waals surface area (Å²) in [5, 5.41) is 4.29. The van der Waals surface area contributed by atoms with Crippen LogP contribution in [-0.2, 0) is 21.9 Å². The highest BCUT2D eigenvalue weighted by Gasteiger charge is 2.46. The highest BCUT2D eigenvalue weighted by Crippen LogP contribution is 2.43. The first-order valence-electron chi connectivity index (χ1n) is 10.5. The van der Waals surface area contributed by atoms with Crippen LogP contribution in [0.1, 0.15) is 44.6 Å². The first-order chi connectivity index (χ1) is 14.2. The summed E-state index contributed by atoms with van der Waals surface area (Å²) in [6, 6.07) is 7.80. The van der Waals surface area contributed by atoms with Crippen molar-refractivity contribution in [2.45, 2.75) is 50.0 Å². The molecule has 2 saturated heterocycles. The fourth-order valence-electron chi connectivity index (χ4n) is 4.86. The van der Waals surface area contributed by atoms with E-state index < -0.39 is 16.1 Å². The number of carbonyl (C=O) groups is 1. The van der Waals surface area contributed by atoms with E-state index >= 15 is 0 Å². The van der Waals surface area contributed by atoms with Gasteiger partial charge in [0.25, 0.3) is 0 Å². The zero-order valence-electron chi connectivity index (χ0n) is 17.9. The number of hydrogen-bond donors (Lipinski definition) is 0. The maximum Gasteiger partial charge on any atom is 0.243 e. The molecule has 4 rings (SSSR count). The lowest BCUT2D eigenvalue weighted by Gasteiger charge is -2.36. The first-order valence-corrected chi connectivity index (χ1v) is 12.0. The average Bonchev–Trinajstić information content (AvgIpc) is 3.30. The van der Waals surface area contributed by atoms with Crippen molar-refractivity contribution in [3.63, 3.8) is 0 Å². The number of aromatic nitrogens is 2. The van der Waals surface area contributed by atoms with Gasteiger partial charge in [0.05, 0.1) is 11.1 Å². The van der Waals surface area contributed by atoms with Crippen molar-refractivity contribution in [2.24, 2.45) is 12.5 Å². The third-order valence-electron chi connectivity index (χ3n) is 6.47. The smallest absolute Gasteiger partial charge is 0.243 e. The molecule has 0 saturated carbocycles. The number of aryl methyl sites for hydroxylation is 1. The molecule has 0 aliphatic carbocycles. The van der Waals surface area contributed by atoms with Crippen molar-refractivity contribution in [3.8, 4) is 0 Å². The molecule has 1 aromatic carbocycles. The van der Waals surface area contributed by atoms with Crippen LogP contribution in [0.25, 0.3) is 0 Å². The SMILES string of the molecule is Cn1cc(C2CN(C(=O)C3CCCCN3S(=O)(=O)c3ccccc3)CC2(C)C)cn1. The van der Waals surface area contributed by atoms with Gasteiger partial charge in [-0.25, -0.2) is 8.42 Å². The molecule has 0 bridgehead atoms. The van der Waals surface area contributed by atoms with Gasteiger partial charge in [-0.3, -0.25) is 9.48 Å². The van der Waals surface area contributed by atoms with Crippen LogP contribution in [0.4, 0.5) is 0 Å². The quantitative estimate of drug-likeness (QED) is 0.747. The van der Waals surface area contributed by atoms with E-state index in [1.807, 2.05) is 24.3 Å². The maximum atomic E-state index is 13.6. The van der Waals surface area contributed by atoms with Gasteiger partial charge in [0, 0.05) is 38.8 Å². The lowest BCUT2D eigenvalue weighted by molar-refractivity contribution is -0.135. The van der Waals surface area contributed by atoms with E-state index in [0.717, 1.165) is 18.4 Å². The number of amides is 1. The Balaban J connectivity index is 1.58. The molecule has 30 heavy (non-hydrogen) atoms. The molecule has 3 heterocycles. The number of piperidine rings is 1. The Bertz CT molecular complexity index is 1020. The number of rotatable bonds is 4. The van der Waals surface area contributed by atoms with Crippen molar-refractivity contribution < 1.29 is 13.2 Å². The number of nitrogens with zero attached hydrogens (tertiary/aromatic N) is 4. The van der Waals surface area contributed by atoms with Gasteiger partial charge in [-0.2, -0.15) is 9.40 Å². The molecule has 2 aliphatic rings. The normalized spacial score (nSPS) is 24.8. The second-order valence-corrected chi connectivity index (χ2v) is 11.0. The van der Waals surface area contributed by atoms with Crippen LogP contribution in [0, 0.1) is 5.41 Å². The van der Waals surface area contributed by atoms with Crippen molar-refractivity contribution in [1.29, 1.82) is 0 Å². The highest BCUT2D eigenvalue weighted by atomic mass is 32.2. The summed E-state index contributed by atoms with van der Waals surface area (Å²) >= 11 is 0. The molecule has 0 N–H and O–H groups in total. The van der Waals surface area contributed by atoms with Crippen molar-refractivity contribution in [2.75, 3.05) is 19.6 Å². The number of hydrogen-bond acceptors (Lipinski definition) is 4. The minimum absolute atomic E-state index is 0.0753. The van der Waals surface area contributed by atoms with Gasteiger partial charge in [0.2, 0.25) is 15.9 Å². The standard InChI is InChI=1S/C22H30N4O3S/c1-22(2)16-25(15-19(22)17-13-23-24(3)14-17)21(27)20-11-7-8-12-26(20)30(28,29)18-9-5-4-6-10-18/h4-6,9-10,13-14,19-20H,7-8,11-12,15-16H2,1-3H3. The summed E-state index contributed by atoms with van der Waals surface area (Å²) < 4.78 is 29.8. The first kappa shape index (κ1) is 21.1. The Labute approximate surface area is 178 Å². The topological polar surface area (TPSA) is 75.5 Å². The zero-order valence-corrected chi connectivity index (χ0v) is 18.7. The molecule has 2 unspecified atom stereocenters. The molecule has 2 fully saturated rings. The molecule has 2 aliphatic heterocycles. The Morgan fingerprint density at radius 2 is 1.90 bits per heavy atom. The highest BCUT2D eigenvalue weighted by molar-refractivity contribution is 7.89. The lowest BCUT2D eigenvalue weighted by Crippen LogP contribution is -2.52. The van der Waals surface area contributed by atoms with Crippen LogP contribution < -0.4 is 0 Å². The summed E-state index contributed by atoms with van der Waals surface area (Å²) in [5.74, 6) is 0.103. The van der Waals surface area contributed by atoms with Gasteiger partial charge in [0.15, 0.2) is 0 Å². The third-order valence-corrected chi connectivity index (χ3v) is 8.39. The zero-order chi connectivity index (χ0) is 21.5. The molecule has 162 valence electrons. The van der Waals surface area contributed by atoms with E-state index in [-0.39, 0.29) is 22.1 Å². The minimum Gasteiger partial charge on any atom is -0.340 e. The van der Waals surface area contributed by atoms with Crippen LogP contribution in [0.2, 0.25) is 0 Å². The van der Waals surface area contributed by atoms with E-state index in [0.29, 0.717) is 26.1 Å². The number of benzene rings is 1. The Morgan fingerprint density at radius 3 is 2.57 bits per heavy atom. The number of sulfonamides is 1. The predicted molar refractivity (Wildman–Crippen MR) is 114 cm³/mol. The van der Waals surface area contributed by atoms with Crippen molar-refractivity contribution in [1.82, 2.24) is 19.0 Å². The molecule has 8 heteroatoms. The number of carbonyl (C=O) groups excluding carboxylic acids is 1. The van der Waals surface area contributed by atoms with Gasteiger partial charge in [-0.05, 0) is 36.0 Å². The van der Waals surface area contributed by atoms with Crippen LogP contribution in [0.15, 0.2) is 47.6 Å². The Morgan fingerprint density at radius 1 is 1.17 bits per heavy atom. The monoisotopic (exact) mass is 430 g/mol. The molecule has 0 spiro atoms.